The van der Waals surface area contributed by atoms with Gasteiger partial charge in [-0.05, 0) is 69.1 Å². The smallest absolute Gasteiger partial charge is 0.197 e. The molecule has 0 aliphatic rings. The molecule has 0 aliphatic heterocycles. The minimum Gasteiger partial charge on any atom is -0.494 e. The van der Waals surface area contributed by atoms with Crippen molar-refractivity contribution < 1.29 is 13.9 Å². The number of para-hydroxylation sites is 1. The molecule has 0 atom stereocenters. The van der Waals surface area contributed by atoms with Crippen molar-refractivity contribution >= 4 is 16.8 Å². The van der Waals surface area contributed by atoms with Gasteiger partial charge in [-0.2, -0.15) is 0 Å². The number of unbranched alkanes of at least 4 members (excludes halogenated alkanes) is 2. The summed E-state index contributed by atoms with van der Waals surface area (Å²) >= 11 is 0. The summed E-state index contributed by atoms with van der Waals surface area (Å²) in [6.45, 7) is 10.7. The van der Waals surface area contributed by atoms with Gasteiger partial charge in [-0.15, -0.1) is 0 Å². The summed E-state index contributed by atoms with van der Waals surface area (Å²) in [6, 6.07) is 15.3. The number of rotatable bonds is 15. The van der Waals surface area contributed by atoms with Crippen LogP contribution in [0.4, 0.5) is 0 Å². The van der Waals surface area contributed by atoms with Crippen LogP contribution in [-0.4, -0.2) is 36.9 Å². The van der Waals surface area contributed by atoms with Crippen LogP contribution < -0.4 is 4.74 Å². The van der Waals surface area contributed by atoms with Crippen LogP contribution in [0.5, 0.6) is 5.75 Å². The molecule has 1 aromatic heterocycles. The highest BCUT2D eigenvalue weighted by molar-refractivity contribution is 6.16. The molecule has 1 heterocycles. The fourth-order valence-corrected chi connectivity index (χ4v) is 4.17. The summed E-state index contributed by atoms with van der Waals surface area (Å²) in [5.74, 6) is 1.60. The standard InChI is InChI=1S/C29H39NO3/c1-4-7-19-30(20-8-5-2)21-11-22-32-24-17-15-23(16-18-24)29(31)28-25-13-9-10-14-26(25)33-27(28)12-6-3/h9-10,13-18H,4-8,11-12,19-22H2,1-3H3. The van der Waals surface area contributed by atoms with Gasteiger partial charge < -0.3 is 14.1 Å². The molecule has 4 heteroatoms. The Morgan fingerprint density at radius 1 is 0.848 bits per heavy atom. The van der Waals surface area contributed by atoms with Crippen molar-refractivity contribution in [2.45, 2.75) is 65.7 Å². The highest BCUT2D eigenvalue weighted by Crippen LogP contribution is 2.29. The monoisotopic (exact) mass is 449 g/mol. The molecule has 33 heavy (non-hydrogen) atoms. The second-order valence-electron chi connectivity index (χ2n) is 8.75. The Morgan fingerprint density at radius 3 is 2.18 bits per heavy atom. The van der Waals surface area contributed by atoms with E-state index in [2.05, 4.69) is 25.7 Å². The highest BCUT2D eigenvalue weighted by atomic mass is 16.5. The number of benzene rings is 2. The first-order chi connectivity index (χ1) is 16.2. The lowest BCUT2D eigenvalue weighted by molar-refractivity contribution is 0.103. The minimum atomic E-state index is 0.0115. The number of ketones is 1. The molecule has 0 radical (unpaired) electrons. The van der Waals surface area contributed by atoms with Crippen LogP contribution in [0.3, 0.4) is 0 Å². The van der Waals surface area contributed by atoms with Crippen LogP contribution in [0, 0.1) is 0 Å². The summed E-state index contributed by atoms with van der Waals surface area (Å²) < 4.78 is 12.0. The summed E-state index contributed by atoms with van der Waals surface area (Å²) in [7, 11) is 0. The number of hydrogen-bond acceptors (Lipinski definition) is 4. The molecule has 0 fully saturated rings. The van der Waals surface area contributed by atoms with Crippen molar-refractivity contribution in [3.8, 4) is 5.75 Å². The lowest BCUT2D eigenvalue weighted by Crippen LogP contribution is -2.28. The molecule has 178 valence electrons. The largest absolute Gasteiger partial charge is 0.494 e. The molecular formula is C29H39NO3. The third kappa shape index (κ3) is 6.94. The van der Waals surface area contributed by atoms with Crippen molar-refractivity contribution in [3.63, 3.8) is 0 Å². The first-order valence-electron chi connectivity index (χ1n) is 12.7. The Balaban J connectivity index is 1.59. The van der Waals surface area contributed by atoms with Gasteiger partial charge in [0.25, 0.3) is 0 Å². The molecule has 0 unspecified atom stereocenters. The number of nitrogens with zero attached hydrogens (tertiary/aromatic N) is 1. The van der Waals surface area contributed by atoms with Crippen LogP contribution >= 0.6 is 0 Å². The first-order valence-corrected chi connectivity index (χ1v) is 12.7. The van der Waals surface area contributed by atoms with E-state index >= 15 is 0 Å². The maximum Gasteiger partial charge on any atom is 0.197 e. The van der Waals surface area contributed by atoms with E-state index in [0.717, 1.165) is 48.3 Å². The molecular weight excluding hydrogens is 410 g/mol. The number of carbonyl (C=O) groups is 1. The van der Waals surface area contributed by atoms with E-state index in [0.29, 0.717) is 17.7 Å². The Kier molecular flexibility index (Phi) is 10.0. The molecule has 0 spiro atoms. The lowest BCUT2D eigenvalue weighted by atomic mass is 9.98. The van der Waals surface area contributed by atoms with Gasteiger partial charge in [0.15, 0.2) is 5.78 Å². The molecule has 0 amide bonds. The quantitative estimate of drug-likeness (QED) is 0.180. The van der Waals surface area contributed by atoms with Gasteiger partial charge in [-0.25, -0.2) is 0 Å². The van der Waals surface area contributed by atoms with E-state index in [-0.39, 0.29) is 5.78 Å². The summed E-state index contributed by atoms with van der Waals surface area (Å²) in [4.78, 5) is 15.9. The molecule has 0 saturated carbocycles. The van der Waals surface area contributed by atoms with E-state index in [9.17, 15) is 4.79 Å². The molecule has 2 aromatic carbocycles. The third-order valence-corrected chi connectivity index (χ3v) is 6.03. The Labute approximate surface area is 198 Å². The number of carbonyl (C=O) groups excluding carboxylic acids is 1. The van der Waals surface area contributed by atoms with Crippen LogP contribution in [-0.2, 0) is 6.42 Å². The lowest BCUT2D eigenvalue weighted by Gasteiger charge is -2.21. The average Bonchev–Trinajstić information content (AvgIpc) is 3.21. The van der Waals surface area contributed by atoms with Crippen molar-refractivity contribution in [2.75, 3.05) is 26.2 Å². The molecule has 0 aliphatic carbocycles. The van der Waals surface area contributed by atoms with Crippen molar-refractivity contribution in [2.24, 2.45) is 0 Å². The van der Waals surface area contributed by atoms with Crippen molar-refractivity contribution in [1.82, 2.24) is 4.90 Å². The zero-order valence-corrected chi connectivity index (χ0v) is 20.6. The zero-order chi connectivity index (χ0) is 23.5. The second kappa shape index (κ2) is 13.2. The van der Waals surface area contributed by atoms with Gasteiger partial charge in [-0.1, -0.05) is 51.8 Å². The SMILES string of the molecule is CCCCN(CCCC)CCCOc1ccc(C(=O)c2c(CCC)oc3ccccc23)cc1. The molecule has 3 rings (SSSR count). The molecule has 0 bridgehead atoms. The molecule has 3 aromatic rings. The van der Waals surface area contributed by atoms with Crippen molar-refractivity contribution in [1.29, 1.82) is 0 Å². The van der Waals surface area contributed by atoms with Crippen LogP contribution in [0.1, 0.15) is 81.0 Å². The van der Waals surface area contributed by atoms with E-state index in [1.54, 1.807) is 0 Å². The Hall–Kier alpha value is -2.59. The van der Waals surface area contributed by atoms with Gasteiger partial charge in [0.2, 0.25) is 0 Å². The number of hydrogen-bond donors (Lipinski definition) is 0. The van der Waals surface area contributed by atoms with Crippen molar-refractivity contribution in [3.05, 3.63) is 65.4 Å². The number of aryl methyl sites for hydroxylation is 1. The number of furan rings is 1. The third-order valence-electron chi connectivity index (χ3n) is 6.03. The van der Waals surface area contributed by atoms with Gasteiger partial charge in [0.1, 0.15) is 17.1 Å². The van der Waals surface area contributed by atoms with E-state index in [1.165, 1.54) is 38.8 Å². The number of fused-ring (bicyclic) bond motifs is 1. The highest BCUT2D eigenvalue weighted by Gasteiger charge is 2.21. The van der Waals surface area contributed by atoms with E-state index in [4.69, 9.17) is 9.15 Å². The maximum atomic E-state index is 13.3. The Morgan fingerprint density at radius 2 is 1.52 bits per heavy atom. The van der Waals surface area contributed by atoms with Crippen LogP contribution in [0.15, 0.2) is 52.9 Å². The van der Waals surface area contributed by atoms with E-state index in [1.807, 2.05) is 48.5 Å². The average molecular weight is 450 g/mol. The molecule has 0 saturated heterocycles. The van der Waals surface area contributed by atoms with Crippen LogP contribution in [0.25, 0.3) is 11.0 Å². The fraction of sp³-hybridized carbons (Fsp3) is 0.483. The number of ether oxygens (including phenoxy) is 1. The van der Waals surface area contributed by atoms with Gasteiger partial charge in [0.05, 0.1) is 12.2 Å². The van der Waals surface area contributed by atoms with Gasteiger partial charge >= 0.3 is 0 Å². The second-order valence-corrected chi connectivity index (χ2v) is 8.75. The fourth-order valence-electron chi connectivity index (χ4n) is 4.17. The predicted octanol–water partition coefficient (Wildman–Crippen LogP) is 7.29. The summed E-state index contributed by atoms with van der Waals surface area (Å²) in [6.07, 6.45) is 7.68. The topological polar surface area (TPSA) is 42.7 Å². The molecule has 4 nitrogen and oxygen atoms in total. The summed E-state index contributed by atoms with van der Waals surface area (Å²) in [5.41, 5.74) is 2.13. The van der Waals surface area contributed by atoms with Gasteiger partial charge in [0, 0.05) is 23.9 Å². The normalized spacial score (nSPS) is 11.4. The Bertz CT molecular complexity index is 982. The predicted molar refractivity (Wildman–Crippen MR) is 136 cm³/mol. The minimum absolute atomic E-state index is 0.0115. The maximum absolute atomic E-state index is 13.3. The zero-order valence-electron chi connectivity index (χ0n) is 20.6. The van der Waals surface area contributed by atoms with Crippen LogP contribution in [0.2, 0.25) is 0 Å². The molecule has 0 N–H and O–H groups in total. The summed E-state index contributed by atoms with van der Waals surface area (Å²) in [5, 5.41) is 0.891. The van der Waals surface area contributed by atoms with E-state index < -0.39 is 0 Å². The van der Waals surface area contributed by atoms with Gasteiger partial charge in [-0.3, -0.25) is 4.79 Å². The first kappa shape index (κ1) is 25.0.